The first-order valence-electron chi connectivity index (χ1n) is 6.84. The van der Waals surface area contributed by atoms with Crippen molar-refractivity contribution in [1.29, 1.82) is 0 Å². The van der Waals surface area contributed by atoms with Gasteiger partial charge in [0, 0.05) is 17.5 Å². The van der Waals surface area contributed by atoms with Crippen LogP contribution < -0.4 is 0 Å². The summed E-state index contributed by atoms with van der Waals surface area (Å²) in [5.74, 6) is -2.85. The number of Topliss-reactive ketones (excluding diaryl/α,β-unsaturated/α-hetero) is 1. The van der Waals surface area contributed by atoms with Crippen LogP contribution in [0.1, 0.15) is 28.8 Å². The van der Waals surface area contributed by atoms with E-state index in [1.807, 2.05) is 0 Å². The summed E-state index contributed by atoms with van der Waals surface area (Å²) in [4.78, 5) is 23.4. The number of carbonyl (C=O) groups is 2. The zero-order chi connectivity index (χ0) is 16.8. The van der Waals surface area contributed by atoms with Crippen molar-refractivity contribution in [3.05, 3.63) is 70.2 Å². The van der Waals surface area contributed by atoms with Crippen molar-refractivity contribution in [3.8, 4) is 0 Å². The molecule has 0 fully saturated rings. The van der Waals surface area contributed by atoms with Crippen molar-refractivity contribution in [2.45, 2.75) is 19.4 Å². The minimum Gasteiger partial charge on any atom is -0.461 e. The summed E-state index contributed by atoms with van der Waals surface area (Å²) in [6.45, 7) is 0.0646. The molecule has 0 saturated carbocycles. The molecular formula is C17H13ClF2O3. The van der Waals surface area contributed by atoms with Gasteiger partial charge in [0.2, 0.25) is 0 Å². The van der Waals surface area contributed by atoms with Gasteiger partial charge < -0.3 is 4.74 Å². The third-order valence-electron chi connectivity index (χ3n) is 3.10. The molecule has 0 radical (unpaired) electrons. The maximum absolute atomic E-state index is 13.4. The molecule has 0 aromatic heterocycles. The first-order valence-corrected chi connectivity index (χ1v) is 7.22. The molecule has 3 nitrogen and oxygen atoms in total. The number of rotatable bonds is 6. The fourth-order valence-corrected chi connectivity index (χ4v) is 2.01. The number of hydrogen-bond acceptors (Lipinski definition) is 3. The van der Waals surface area contributed by atoms with Crippen molar-refractivity contribution < 1.29 is 23.1 Å². The van der Waals surface area contributed by atoms with Crippen LogP contribution in [0.15, 0.2) is 42.5 Å². The van der Waals surface area contributed by atoms with E-state index in [2.05, 4.69) is 0 Å². The maximum Gasteiger partial charge on any atom is 0.306 e. The third-order valence-corrected chi connectivity index (χ3v) is 3.35. The van der Waals surface area contributed by atoms with Crippen molar-refractivity contribution in [1.82, 2.24) is 0 Å². The molecule has 0 N–H and O–H groups in total. The second-order valence-electron chi connectivity index (χ2n) is 4.83. The normalized spacial score (nSPS) is 10.4. The zero-order valence-corrected chi connectivity index (χ0v) is 12.8. The highest BCUT2D eigenvalue weighted by Crippen LogP contribution is 2.14. The van der Waals surface area contributed by atoms with Crippen LogP contribution in [0, 0.1) is 11.6 Å². The Labute approximate surface area is 136 Å². The van der Waals surface area contributed by atoms with Crippen LogP contribution in [0.5, 0.6) is 0 Å². The van der Waals surface area contributed by atoms with Gasteiger partial charge in [0.25, 0.3) is 0 Å². The molecule has 0 unspecified atom stereocenters. The van der Waals surface area contributed by atoms with E-state index in [4.69, 9.17) is 16.3 Å². The summed E-state index contributed by atoms with van der Waals surface area (Å²) < 4.78 is 31.2. The van der Waals surface area contributed by atoms with Crippen LogP contribution in [0.3, 0.4) is 0 Å². The molecule has 0 saturated heterocycles. The molecule has 0 heterocycles. The molecule has 0 bridgehead atoms. The topological polar surface area (TPSA) is 43.4 Å². The lowest BCUT2D eigenvalue weighted by molar-refractivity contribution is -0.144. The highest BCUT2D eigenvalue weighted by Gasteiger charge is 2.14. The van der Waals surface area contributed by atoms with E-state index in [9.17, 15) is 18.4 Å². The van der Waals surface area contributed by atoms with E-state index in [1.165, 1.54) is 0 Å². The molecule has 120 valence electrons. The fourth-order valence-electron chi connectivity index (χ4n) is 1.88. The Bertz CT molecular complexity index is 714. The predicted octanol–water partition coefficient (Wildman–Crippen LogP) is 4.32. The van der Waals surface area contributed by atoms with Gasteiger partial charge in [-0.2, -0.15) is 0 Å². The molecule has 0 atom stereocenters. The van der Waals surface area contributed by atoms with E-state index < -0.39 is 23.4 Å². The monoisotopic (exact) mass is 338 g/mol. The molecule has 0 aliphatic heterocycles. The number of esters is 1. The predicted molar refractivity (Wildman–Crippen MR) is 81.2 cm³/mol. The summed E-state index contributed by atoms with van der Waals surface area (Å²) in [6.07, 6.45) is -0.384. The van der Waals surface area contributed by atoms with E-state index in [1.54, 1.807) is 24.3 Å². The van der Waals surface area contributed by atoms with Crippen LogP contribution in [-0.4, -0.2) is 11.8 Å². The van der Waals surface area contributed by atoms with E-state index in [0.717, 1.165) is 17.7 Å². The van der Waals surface area contributed by atoms with Gasteiger partial charge in [-0.1, -0.05) is 23.7 Å². The molecule has 2 rings (SSSR count). The van der Waals surface area contributed by atoms with Gasteiger partial charge in [-0.3, -0.25) is 9.59 Å². The number of benzene rings is 2. The standard InChI is InChI=1S/C17H13ClF2O3/c18-12-3-1-11(2-4-12)10-23-17(22)8-7-16(21)14-6-5-13(19)9-15(14)20/h1-6,9H,7-8,10H2. The van der Waals surface area contributed by atoms with Gasteiger partial charge in [0.15, 0.2) is 5.78 Å². The quantitative estimate of drug-likeness (QED) is 0.582. The zero-order valence-electron chi connectivity index (χ0n) is 12.0. The lowest BCUT2D eigenvalue weighted by atomic mass is 10.1. The van der Waals surface area contributed by atoms with E-state index in [-0.39, 0.29) is 25.0 Å². The number of halogens is 3. The smallest absolute Gasteiger partial charge is 0.306 e. The average Bonchev–Trinajstić information content (AvgIpc) is 2.52. The maximum atomic E-state index is 13.4. The highest BCUT2D eigenvalue weighted by atomic mass is 35.5. The molecule has 6 heteroatoms. The molecule has 0 amide bonds. The summed E-state index contributed by atoms with van der Waals surface area (Å²) in [5, 5.41) is 0.576. The Morgan fingerprint density at radius 1 is 1.00 bits per heavy atom. The third kappa shape index (κ3) is 5.14. The lowest BCUT2D eigenvalue weighted by Gasteiger charge is -2.05. The number of ketones is 1. The number of ether oxygens (including phenoxy) is 1. The SMILES string of the molecule is O=C(CCC(=O)c1ccc(F)cc1F)OCc1ccc(Cl)cc1. The Balaban J connectivity index is 1.81. The van der Waals surface area contributed by atoms with Crippen LogP contribution >= 0.6 is 11.6 Å². The van der Waals surface area contributed by atoms with Crippen LogP contribution in [0.4, 0.5) is 8.78 Å². The minimum atomic E-state index is -0.940. The van der Waals surface area contributed by atoms with Crippen LogP contribution in [0.2, 0.25) is 5.02 Å². The van der Waals surface area contributed by atoms with Crippen molar-refractivity contribution in [2.75, 3.05) is 0 Å². The Hall–Kier alpha value is -2.27. The molecule has 0 aliphatic carbocycles. The highest BCUT2D eigenvalue weighted by molar-refractivity contribution is 6.30. The summed E-state index contributed by atoms with van der Waals surface area (Å²) >= 11 is 5.74. The summed E-state index contributed by atoms with van der Waals surface area (Å²) in [7, 11) is 0. The van der Waals surface area contributed by atoms with Gasteiger partial charge in [-0.25, -0.2) is 8.78 Å². The van der Waals surface area contributed by atoms with Gasteiger partial charge in [0.1, 0.15) is 18.2 Å². The van der Waals surface area contributed by atoms with Crippen LogP contribution in [-0.2, 0) is 16.1 Å². The van der Waals surface area contributed by atoms with Gasteiger partial charge in [-0.15, -0.1) is 0 Å². The van der Waals surface area contributed by atoms with Crippen molar-refractivity contribution >= 4 is 23.4 Å². The molecule has 23 heavy (non-hydrogen) atoms. The van der Waals surface area contributed by atoms with Crippen LogP contribution in [0.25, 0.3) is 0 Å². The minimum absolute atomic E-state index is 0.0646. The molecule has 0 spiro atoms. The van der Waals surface area contributed by atoms with E-state index in [0.29, 0.717) is 11.1 Å². The average molecular weight is 339 g/mol. The Kier molecular flexibility index (Phi) is 5.82. The van der Waals surface area contributed by atoms with Crippen molar-refractivity contribution in [2.24, 2.45) is 0 Å². The molecule has 2 aromatic rings. The first-order chi connectivity index (χ1) is 11.0. The molecule has 2 aromatic carbocycles. The second kappa shape index (κ2) is 7.83. The van der Waals surface area contributed by atoms with Gasteiger partial charge in [0.05, 0.1) is 12.0 Å². The number of hydrogen-bond donors (Lipinski definition) is 0. The lowest BCUT2D eigenvalue weighted by Crippen LogP contribution is -2.09. The molecular weight excluding hydrogens is 326 g/mol. The van der Waals surface area contributed by atoms with Crippen molar-refractivity contribution in [3.63, 3.8) is 0 Å². The Morgan fingerprint density at radius 3 is 2.35 bits per heavy atom. The summed E-state index contributed by atoms with van der Waals surface area (Å²) in [5.41, 5.74) is 0.524. The first kappa shape index (κ1) is 17.1. The van der Waals surface area contributed by atoms with E-state index >= 15 is 0 Å². The fraction of sp³-hybridized carbons (Fsp3) is 0.176. The van der Waals surface area contributed by atoms with Gasteiger partial charge >= 0.3 is 5.97 Å². The largest absolute Gasteiger partial charge is 0.461 e. The number of carbonyl (C=O) groups excluding carboxylic acids is 2. The molecule has 0 aliphatic rings. The Morgan fingerprint density at radius 2 is 1.70 bits per heavy atom. The second-order valence-corrected chi connectivity index (χ2v) is 5.27. The van der Waals surface area contributed by atoms with Gasteiger partial charge in [-0.05, 0) is 29.8 Å². The summed E-state index contributed by atoms with van der Waals surface area (Å²) in [6, 6.07) is 9.47.